The molecule has 1 aliphatic rings. The third-order valence-electron chi connectivity index (χ3n) is 5.97. The fraction of sp³-hybridized carbons (Fsp3) is 0.360. The SMILES string of the molecule is COc1cccc(-c2cc(F)ccc2[C@@H]2C/C(=N\OCC(CO)CO)c3c(C)nc([I-])nc3C2)n1. The van der Waals surface area contributed by atoms with Crippen molar-refractivity contribution in [2.75, 3.05) is 26.9 Å². The molecular formula is C25H26FIN4O4-. The second kappa shape index (κ2) is 11.4. The van der Waals surface area contributed by atoms with Crippen molar-refractivity contribution < 1.29 is 46.8 Å². The molecule has 1 atom stereocenters. The topological polar surface area (TPSA) is 110 Å². The number of nitrogens with zero attached hydrogens (tertiary/aromatic N) is 4. The van der Waals surface area contributed by atoms with Gasteiger partial charge < -0.3 is 42.4 Å². The number of hydrogen-bond donors (Lipinski definition) is 2. The minimum atomic E-state index is -0.421. The predicted molar refractivity (Wildman–Crippen MR) is 123 cm³/mol. The molecule has 4 rings (SSSR count). The van der Waals surface area contributed by atoms with Crippen LogP contribution in [0.3, 0.4) is 0 Å². The van der Waals surface area contributed by atoms with Gasteiger partial charge >= 0.3 is 0 Å². The number of rotatable bonds is 8. The maximum absolute atomic E-state index is 14.3. The van der Waals surface area contributed by atoms with Gasteiger partial charge in [-0.05, 0) is 46.9 Å². The highest BCUT2D eigenvalue weighted by Gasteiger charge is 2.30. The molecular weight excluding hydrogens is 566 g/mol. The van der Waals surface area contributed by atoms with Crippen LogP contribution in [0, 0.1) is 22.5 Å². The van der Waals surface area contributed by atoms with E-state index in [0.717, 1.165) is 22.5 Å². The lowest BCUT2D eigenvalue weighted by molar-refractivity contribution is -0.347. The van der Waals surface area contributed by atoms with E-state index in [1.165, 1.54) is 12.1 Å². The first-order chi connectivity index (χ1) is 16.9. The van der Waals surface area contributed by atoms with Crippen molar-refractivity contribution in [2.24, 2.45) is 11.1 Å². The summed E-state index contributed by atoms with van der Waals surface area (Å²) in [6.07, 6.45) is 1.13. The van der Waals surface area contributed by atoms with E-state index in [0.29, 0.717) is 39.5 Å². The molecule has 1 aliphatic carbocycles. The largest absolute Gasteiger partial charge is 0.714 e. The van der Waals surface area contributed by atoms with E-state index in [1.807, 2.05) is 19.1 Å². The van der Waals surface area contributed by atoms with Crippen molar-refractivity contribution in [2.45, 2.75) is 25.7 Å². The van der Waals surface area contributed by atoms with Gasteiger partial charge in [0, 0.05) is 35.2 Å². The number of halogens is 2. The monoisotopic (exact) mass is 592 g/mol. The number of aryl methyl sites for hydroxylation is 1. The number of oxime groups is 1. The Labute approximate surface area is 216 Å². The number of ether oxygens (including phenoxy) is 1. The van der Waals surface area contributed by atoms with Crippen LogP contribution in [0.15, 0.2) is 41.6 Å². The molecule has 0 saturated carbocycles. The lowest BCUT2D eigenvalue weighted by atomic mass is 9.79. The van der Waals surface area contributed by atoms with Gasteiger partial charge in [0.25, 0.3) is 0 Å². The Morgan fingerprint density at radius 1 is 1.14 bits per heavy atom. The normalized spacial score (nSPS) is 16.4. The van der Waals surface area contributed by atoms with Gasteiger partial charge in [0.05, 0.1) is 37.4 Å². The van der Waals surface area contributed by atoms with E-state index < -0.39 is 5.92 Å². The molecule has 0 amide bonds. The van der Waals surface area contributed by atoms with E-state index in [1.54, 1.807) is 19.2 Å². The van der Waals surface area contributed by atoms with E-state index in [4.69, 9.17) is 9.57 Å². The Kier molecular flexibility index (Phi) is 8.24. The maximum atomic E-state index is 14.3. The van der Waals surface area contributed by atoms with Crippen LogP contribution in [0.1, 0.15) is 34.9 Å². The second-order valence-electron chi connectivity index (χ2n) is 8.37. The van der Waals surface area contributed by atoms with Crippen LogP contribution in [0.5, 0.6) is 5.88 Å². The molecule has 35 heavy (non-hydrogen) atoms. The molecule has 8 nitrogen and oxygen atoms in total. The van der Waals surface area contributed by atoms with E-state index in [-0.39, 0.29) is 31.6 Å². The smallest absolute Gasteiger partial charge is 0.213 e. The maximum Gasteiger partial charge on any atom is 0.213 e. The van der Waals surface area contributed by atoms with Crippen molar-refractivity contribution in [3.8, 4) is 17.1 Å². The van der Waals surface area contributed by atoms with Crippen LogP contribution in [0.25, 0.3) is 11.3 Å². The lowest BCUT2D eigenvalue weighted by Crippen LogP contribution is -3.34. The summed E-state index contributed by atoms with van der Waals surface area (Å²) in [5.74, 6) is -0.392. The number of aliphatic hydroxyl groups excluding tert-OH is 2. The molecule has 3 aromatic rings. The summed E-state index contributed by atoms with van der Waals surface area (Å²) in [5.41, 5.74) is 5.37. The quantitative estimate of drug-likeness (QED) is 0.211. The lowest BCUT2D eigenvalue weighted by Gasteiger charge is -2.29. The van der Waals surface area contributed by atoms with Gasteiger partial charge in [-0.1, -0.05) is 17.3 Å². The summed E-state index contributed by atoms with van der Waals surface area (Å²) in [6.45, 7) is 1.59. The van der Waals surface area contributed by atoms with Crippen molar-refractivity contribution in [3.05, 3.63) is 68.6 Å². The zero-order valence-electron chi connectivity index (χ0n) is 19.4. The molecule has 0 saturated heterocycles. The average Bonchev–Trinajstić information content (AvgIpc) is 2.86. The molecule has 0 bridgehead atoms. The van der Waals surface area contributed by atoms with Crippen molar-refractivity contribution >= 4 is 5.71 Å². The van der Waals surface area contributed by atoms with Crippen LogP contribution in [0.2, 0.25) is 0 Å². The number of pyridine rings is 1. The minimum absolute atomic E-state index is 0.0648. The standard InChI is InChI=1S/C25H26FIN4O4/c1-14-24-21(30-25(27)28-14)8-16(9-22(24)31-35-13-15(11-32)12-33)18-7-6-17(26)10-19(18)20-4-3-5-23(29-20)34-2/h3-7,10,15-16,32-33H,8-9,11-13H2,1-2H3/q-1/b31-22+/t16-/m0/s1. The summed E-state index contributed by atoms with van der Waals surface area (Å²) in [4.78, 5) is 19.2. The number of benzene rings is 1. The highest BCUT2D eigenvalue weighted by atomic mass is 127. The minimum Gasteiger partial charge on any atom is -0.714 e. The highest BCUT2D eigenvalue weighted by Crippen LogP contribution is 2.38. The van der Waals surface area contributed by atoms with E-state index >= 15 is 0 Å². The summed E-state index contributed by atoms with van der Waals surface area (Å²) in [6, 6.07) is 10.1. The Morgan fingerprint density at radius 3 is 2.69 bits per heavy atom. The van der Waals surface area contributed by atoms with Crippen molar-refractivity contribution in [1.82, 2.24) is 15.0 Å². The zero-order valence-corrected chi connectivity index (χ0v) is 21.6. The fourth-order valence-electron chi connectivity index (χ4n) is 4.23. The molecule has 1 radical (unpaired) electrons. The van der Waals surface area contributed by atoms with Crippen LogP contribution < -0.4 is 27.3 Å². The first-order valence-electron chi connectivity index (χ1n) is 11.2. The third-order valence-corrected chi connectivity index (χ3v) is 6.45. The summed E-state index contributed by atoms with van der Waals surface area (Å²) in [7, 11) is 1.54. The number of methoxy groups -OCH3 is 1. The van der Waals surface area contributed by atoms with Crippen molar-refractivity contribution in [1.29, 1.82) is 0 Å². The van der Waals surface area contributed by atoms with E-state index in [9.17, 15) is 14.6 Å². The number of hydrogen-bond acceptors (Lipinski definition) is 8. The molecule has 2 N–H and O–H groups in total. The molecule has 185 valence electrons. The van der Waals surface area contributed by atoms with Gasteiger partial charge in [-0.2, -0.15) is 0 Å². The molecule has 1 aromatic carbocycles. The Hall–Kier alpha value is -2.70. The van der Waals surface area contributed by atoms with Crippen LogP contribution in [0.4, 0.5) is 4.39 Å². The third kappa shape index (κ3) is 5.76. The average molecular weight is 592 g/mol. The van der Waals surface area contributed by atoms with Crippen molar-refractivity contribution in [3.63, 3.8) is 0 Å². The Morgan fingerprint density at radius 2 is 1.94 bits per heavy atom. The summed E-state index contributed by atoms with van der Waals surface area (Å²) < 4.78 is 20.3. The zero-order chi connectivity index (χ0) is 24.9. The Balaban J connectivity index is 1.76. The predicted octanol–water partition coefficient (Wildman–Crippen LogP) is -0.231. The van der Waals surface area contributed by atoms with Gasteiger partial charge in [-0.15, -0.1) is 0 Å². The number of aromatic nitrogens is 3. The second-order valence-corrected chi connectivity index (χ2v) is 9.33. The molecule has 10 heteroatoms. The highest BCUT2D eigenvalue weighted by molar-refractivity contribution is 6.03. The van der Waals surface area contributed by atoms with E-state index in [2.05, 4.69) is 42.7 Å². The van der Waals surface area contributed by atoms with Crippen LogP contribution >= 0.6 is 0 Å². The van der Waals surface area contributed by atoms with Gasteiger partial charge in [0.1, 0.15) is 12.4 Å². The number of aliphatic hydroxyl groups is 2. The molecule has 2 aromatic heterocycles. The molecule has 0 spiro atoms. The molecule has 0 fully saturated rings. The fourth-order valence-corrected chi connectivity index (χ4v) is 4.88. The van der Waals surface area contributed by atoms with Gasteiger partial charge in [0.15, 0.2) is 0 Å². The first-order valence-corrected chi connectivity index (χ1v) is 12.3. The molecule has 0 unspecified atom stereocenters. The molecule has 2 heterocycles. The summed E-state index contributed by atoms with van der Waals surface area (Å²) in [5, 5.41) is 23.0. The molecule has 0 aliphatic heterocycles. The Bertz CT molecular complexity index is 1240. The van der Waals surface area contributed by atoms with Crippen LogP contribution in [-0.4, -0.2) is 57.8 Å². The summed E-state index contributed by atoms with van der Waals surface area (Å²) >= 11 is 2.09. The first kappa shape index (κ1) is 25.4. The van der Waals surface area contributed by atoms with Crippen LogP contribution in [-0.2, 0) is 11.3 Å². The number of fused-ring (bicyclic) bond motifs is 1. The van der Waals surface area contributed by atoms with Gasteiger partial charge in [-0.3, -0.25) is 9.97 Å². The van der Waals surface area contributed by atoms with Gasteiger partial charge in [0.2, 0.25) is 5.88 Å². The van der Waals surface area contributed by atoms with Gasteiger partial charge in [-0.25, -0.2) is 9.37 Å².